The summed E-state index contributed by atoms with van der Waals surface area (Å²) in [6.07, 6.45) is 0. The van der Waals surface area contributed by atoms with Gasteiger partial charge < -0.3 is 5.73 Å². The van der Waals surface area contributed by atoms with E-state index in [2.05, 4.69) is 0 Å². The van der Waals surface area contributed by atoms with Crippen LogP contribution in [0.1, 0.15) is 13.8 Å². The zero-order chi connectivity index (χ0) is 15.7. The zero-order valence-corrected chi connectivity index (χ0v) is 12.2. The van der Waals surface area contributed by atoms with Crippen molar-refractivity contribution in [3.05, 3.63) is 33.3 Å². The van der Waals surface area contributed by atoms with Crippen molar-refractivity contribution in [1.82, 2.24) is 4.72 Å². The first-order valence-corrected chi connectivity index (χ1v) is 7.11. The second-order valence-corrected chi connectivity index (χ2v) is 6.52. The van der Waals surface area contributed by atoms with Gasteiger partial charge in [0.05, 0.1) is 9.95 Å². The van der Waals surface area contributed by atoms with Crippen molar-refractivity contribution < 1.29 is 18.1 Å². The smallest absolute Gasteiger partial charge is 0.270 e. The van der Waals surface area contributed by atoms with Crippen LogP contribution in [0.5, 0.6) is 0 Å². The highest BCUT2D eigenvalue weighted by Crippen LogP contribution is 2.26. The number of primary amides is 1. The Hall–Kier alpha value is -1.71. The Kier molecular flexibility index (Phi) is 4.37. The van der Waals surface area contributed by atoms with Crippen LogP contribution in [0.3, 0.4) is 0 Å². The topological polar surface area (TPSA) is 132 Å². The highest BCUT2D eigenvalue weighted by molar-refractivity contribution is 7.89. The molecule has 1 aromatic rings. The third-order valence-corrected chi connectivity index (χ3v) is 4.56. The lowest BCUT2D eigenvalue weighted by molar-refractivity contribution is -0.385. The second-order valence-electron chi connectivity index (χ2n) is 4.47. The molecule has 0 aliphatic carbocycles. The van der Waals surface area contributed by atoms with E-state index in [4.69, 9.17) is 17.3 Å². The van der Waals surface area contributed by atoms with E-state index in [0.29, 0.717) is 0 Å². The van der Waals surface area contributed by atoms with E-state index in [1.54, 1.807) is 0 Å². The summed E-state index contributed by atoms with van der Waals surface area (Å²) in [5.41, 5.74) is 3.06. The standard InChI is InChI=1S/C10H12ClN3O5S/c1-10(2,9(12)15)13-20(18,19)8-5-6(14(16)17)3-4-7(8)11/h3-5,13H,1-2H3,(H2,12,15). The van der Waals surface area contributed by atoms with Gasteiger partial charge in [0.15, 0.2) is 0 Å². The normalized spacial score (nSPS) is 12.2. The summed E-state index contributed by atoms with van der Waals surface area (Å²) in [6, 6.07) is 2.97. The molecule has 0 atom stereocenters. The van der Waals surface area contributed by atoms with Gasteiger partial charge in [0.25, 0.3) is 5.69 Å². The van der Waals surface area contributed by atoms with Crippen LogP contribution in [0.4, 0.5) is 5.69 Å². The molecule has 0 bridgehead atoms. The summed E-state index contributed by atoms with van der Waals surface area (Å²) in [6.45, 7) is 2.52. The number of rotatable bonds is 5. The summed E-state index contributed by atoms with van der Waals surface area (Å²) < 4.78 is 26.3. The van der Waals surface area contributed by atoms with Crippen molar-refractivity contribution in [2.45, 2.75) is 24.3 Å². The Morgan fingerprint density at radius 1 is 1.45 bits per heavy atom. The van der Waals surface area contributed by atoms with Crippen LogP contribution in [0, 0.1) is 10.1 Å². The molecule has 0 aromatic heterocycles. The molecule has 0 fully saturated rings. The fourth-order valence-corrected chi connectivity index (χ4v) is 3.16. The van der Waals surface area contributed by atoms with Crippen molar-refractivity contribution in [2.24, 2.45) is 5.73 Å². The van der Waals surface area contributed by atoms with Gasteiger partial charge in [-0.15, -0.1) is 0 Å². The molecule has 8 nitrogen and oxygen atoms in total. The SMILES string of the molecule is CC(C)(NS(=O)(=O)c1cc([N+](=O)[O-])ccc1Cl)C(N)=O. The fraction of sp³-hybridized carbons (Fsp3) is 0.300. The molecular formula is C10H12ClN3O5S. The van der Waals surface area contributed by atoms with Gasteiger partial charge >= 0.3 is 0 Å². The van der Waals surface area contributed by atoms with Crippen molar-refractivity contribution in [1.29, 1.82) is 0 Å². The minimum atomic E-state index is -4.24. The van der Waals surface area contributed by atoms with Gasteiger partial charge in [-0.05, 0) is 19.9 Å². The number of nitrogens with one attached hydrogen (secondary N) is 1. The van der Waals surface area contributed by atoms with E-state index in [1.165, 1.54) is 13.8 Å². The van der Waals surface area contributed by atoms with Gasteiger partial charge in [-0.25, -0.2) is 8.42 Å². The molecule has 0 unspecified atom stereocenters. The third-order valence-electron chi connectivity index (χ3n) is 2.42. The molecule has 0 saturated carbocycles. The van der Waals surface area contributed by atoms with Crippen LogP contribution in [-0.4, -0.2) is 24.8 Å². The highest BCUT2D eigenvalue weighted by Gasteiger charge is 2.33. The van der Waals surface area contributed by atoms with Crippen molar-refractivity contribution >= 4 is 33.2 Å². The van der Waals surface area contributed by atoms with Gasteiger partial charge in [0.1, 0.15) is 10.4 Å². The van der Waals surface area contributed by atoms with Gasteiger partial charge in [-0.1, -0.05) is 11.6 Å². The Bertz CT molecular complexity index is 671. The van der Waals surface area contributed by atoms with E-state index in [1.807, 2.05) is 4.72 Å². The largest absolute Gasteiger partial charge is 0.368 e. The minimum absolute atomic E-state index is 0.205. The molecule has 0 aliphatic heterocycles. The Morgan fingerprint density at radius 3 is 2.45 bits per heavy atom. The van der Waals surface area contributed by atoms with Crippen molar-refractivity contribution in [2.75, 3.05) is 0 Å². The van der Waals surface area contributed by atoms with E-state index >= 15 is 0 Å². The highest BCUT2D eigenvalue weighted by atomic mass is 35.5. The van der Waals surface area contributed by atoms with Gasteiger partial charge in [0.2, 0.25) is 15.9 Å². The number of carbonyl (C=O) groups is 1. The number of carbonyl (C=O) groups excluding carboxylic acids is 1. The number of hydrogen-bond donors (Lipinski definition) is 2. The molecule has 3 N–H and O–H groups in total. The molecule has 10 heteroatoms. The lowest BCUT2D eigenvalue weighted by Gasteiger charge is -2.22. The molecule has 0 aliphatic rings. The molecule has 1 amide bonds. The molecule has 110 valence electrons. The predicted octanol–water partition coefficient (Wildman–Crippen LogP) is 0.790. The van der Waals surface area contributed by atoms with E-state index < -0.39 is 37.0 Å². The Balaban J connectivity index is 3.32. The molecule has 20 heavy (non-hydrogen) atoms. The number of halogens is 1. The maximum Gasteiger partial charge on any atom is 0.270 e. The van der Waals surface area contributed by atoms with Gasteiger partial charge in [-0.3, -0.25) is 14.9 Å². The first-order valence-electron chi connectivity index (χ1n) is 5.25. The Morgan fingerprint density at radius 2 is 2.00 bits per heavy atom. The maximum atomic E-state index is 12.1. The first-order chi connectivity index (χ1) is 8.97. The number of nitro benzene ring substituents is 1. The average molecular weight is 322 g/mol. The second kappa shape index (κ2) is 5.35. The molecule has 1 rings (SSSR count). The molecule has 0 radical (unpaired) electrons. The summed E-state index contributed by atoms with van der Waals surface area (Å²) in [7, 11) is -4.24. The third kappa shape index (κ3) is 3.44. The predicted molar refractivity (Wildman–Crippen MR) is 71.7 cm³/mol. The van der Waals surface area contributed by atoms with E-state index in [-0.39, 0.29) is 5.02 Å². The van der Waals surface area contributed by atoms with Crippen LogP contribution in [0.2, 0.25) is 5.02 Å². The number of nitrogens with two attached hydrogens (primary N) is 1. The molecule has 0 saturated heterocycles. The number of amides is 1. The minimum Gasteiger partial charge on any atom is -0.368 e. The van der Waals surface area contributed by atoms with Crippen LogP contribution >= 0.6 is 11.6 Å². The quantitative estimate of drug-likeness (QED) is 0.611. The van der Waals surface area contributed by atoms with Crippen molar-refractivity contribution in [3.8, 4) is 0 Å². The summed E-state index contributed by atoms with van der Waals surface area (Å²) in [4.78, 5) is 20.5. The van der Waals surface area contributed by atoms with E-state index in [9.17, 15) is 23.3 Å². The number of nitrogens with zero attached hydrogens (tertiary/aromatic N) is 1. The molecule has 1 aromatic carbocycles. The Labute approximate surface area is 120 Å². The zero-order valence-electron chi connectivity index (χ0n) is 10.6. The number of sulfonamides is 1. The van der Waals surface area contributed by atoms with Crippen LogP contribution in [-0.2, 0) is 14.8 Å². The van der Waals surface area contributed by atoms with Gasteiger partial charge in [-0.2, -0.15) is 4.72 Å². The lowest BCUT2D eigenvalue weighted by atomic mass is 10.1. The number of benzene rings is 1. The average Bonchev–Trinajstić information content (AvgIpc) is 2.27. The number of nitro groups is 1. The maximum absolute atomic E-state index is 12.1. The summed E-state index contributed by atoms with van der Waals surface area (Å²) in [5, 5.41) is 10.5. The summed E-state index contributed by atoms with van der Waals surface area (Å²) >= 11 is 5.74. The van der Waals surface area contributed by atoms with Crippen LogP contribution in [0.15, 0.2) is 23.1 Å². The lowest BCUT2D eigenvalue weighted by Crippen LogP contribution is -2.52. The monoisotopic (exact) mass is 321 g/mol. The first kappa shape index (κ1) is 16.3. The molecular weight excluding hydrogens is 310 g/mol. The molecule has 0 spiro atoms. The van der Waals surface area contributed by atoms with E-state index in [0.717, 1.165) is 18.2 Å². The summed E-state index contributed by atoms with van der Waals surface area (Å²) in [5.74, 6) is -0.900. The van der Waals surface area contributed by atoms with Crippen LogP contribution < -0.4 is 10.5 Å². The number of hydrogen-bond acceptors (Lipinski definition) is 5. The number of non-ortho nitro benzene ring substituents is 1. The van der Waals surface area contributed by atoms with Crippen molar-refractivity contribution in [3.63, 3.8) is 0 Å². The molecule has 0 heterocycles. The fourth-order valence-electron chi connectivity index (χ4n) is 1.25. The van der Waals surface area contributed by atoms with Gasteiger partial charge in [0, 0.05) is 12.1 Å². The van der Waals surface area contributed by atoms with Crippen LogP contribution in [0.25, 0.3) is 0 Å².